The number of halogens is 3. The monoisotopic (exact) mass is 475 g/mol. The predicted octanol–water partition coefficient (Wildman–Crippen LogP) is 8.34. The summed E-state index contributed by atoms with van der Waals surface area (Å²) in [6, 6.07) is 11.8. The summed E-state index contributed by atoms with van der Waals surface area (Å²) in [5.41, 5.74) is 1.19. The van der Waals surface area contributed by atoms with Gasteiger partial charge in [-0.1, -0.05) is 45.4 Å². The summed E-state index contributed by atoms with van der Waals surface area (Å²) in [6.07, 6.45) is 3.73. The van der Waals surface area contributed by atoms with Crippen molar-refractivity contribution in [1.29, 1.82) is 0 Å². The Morgan fingerprint density at radius 3 is 1.76 bits per heavy atom. The molecule has 0 heterocycles. The summed E-state index contributed by atoms with van der Waals surface area (Å²) >= 11 is 0. The Morgan fingerprint density at radius 2 is 1.26 bits per heavy atom. The van der Waals surface area contributed by atoms with Gasteiger partial charge in [-0.2, -0.15) is 23.4 Å². The molecule has 2 aromatic rings. The SMILES string of the molecule is CCCCCCCCCC(=O)N(CC)c1ccc(N=Nc2ccc(C(=O)C(F)(F)F)cc2)cc1. The average Bonchev–Trinajstić information content (AvgIpc) is 2.82. The van der Waals surface area contributed by atoms with Crippen LogP contribution in [0.25, 0.3) is 0 Å². The number of nitrogens with zero attached hydrogens (tertiary/aromatic N) is 3. The number of carbonyl (C=O) groups is 2. The number of Topliss-reactive ketones (excluding diaryl/α,β-unsaturated/α-hetero) is 1. The highest BCUT2D eigenvalue weighted by molar-refractivity contribution is 6.00. The molecule has 2 aromatic carbocycles. The van der Waals surface area contributed by atoms with E-state index in [1.807, 2.05) is 6.92 Å². The molecule has 0 N–H and O–H groups in total. The van der Waals surface area contributed by atoms with Crippen molar-refractivity contribution < 1.29 is 22.8 Å². The molecule has 8 heteroatoms. The number of anilines is 1. The molecule has 0 bridgehead atoms. The maximum atomic E-state index is 12.6. The van der Waals surface area contributed by atoms with Crippen LogP contribution in [0.5, 0.6) is 0 Å². The highest BCUT2D eigenvalue weighted by Crippen LogP contribution is 2.25. The molecule has 1 amide bonds. The van der Waals surface area contributed by atoms with Crippen molar-refractivity contribution in [3.8, 4) is 0 Å². The fraction of sp³-hybridized carbons (Fsp3) is 0.462. The first-order valence-corrected chi connectivity index (χ1v) is 11.8. The lowest BCUT2D eigenvalue weighted by Gasteiger charge is -2.21. The highest BCUT2D eigenvalue weighted by atomic mass is 19.4. The van der Waals surface area contributed by atoms with Crippen LogP contribution in [0, 0.1) is 0 Å². The van der Waals surface area contributed by atoms with E-state index in [9.17, 15) is 22.8 Å². The molecule has 0 aromatic heterocycles. The molecule has 0 fully saturated rings. The van der Waals surface area contributed by atoms with E-state index in [4.69, 9.17) is 0 Å². The van der Waals surface area contributed by atoms with E-state index in [2.05, 4.69) is 17.2 Å². The zero-order valence-electron chi connectivity index (χ0n) is 19.8. The maximum absolute atomic E-state index is 12.6. The molecule has 0 aliphatic rings. The van der Waals surface area contributed by atoms with Gasteiger partial charge in [0, 0.05) is 24.2 Å². The van der Waals surface area contributed by atoms with Gasteiger partial charge in [0.15, 0.2) is 0 Å². The van der Waals surface area contributed by atoms with Gasteiger partial charge in [0.05, 0.1) is 11.4 Å². The number of rotatable bonds is 13. The van der Waals surface area contributed by atoms with Gasteiger partial charge < -0.3 is 4.90 Å². The topological polar surface area (TPSA) is 62.1 Å². The van der Waals surface area contributed by atoms with Crippen molar-refractivity contribution in [3.05, 3.63) is 54.1 Å². The predicted molar refractivity (Wildman–Crippen MR) is 128 cm³/mol. The highest BCUT2D eigenvalue weighted by Gasteiger charge is 2.39. The number of amides is 1. The molecule has 0 atom stereocenters. The van der Waals surface area contributed by atoms with Crippen molar-refractivity contribution in [3.63, 3.8) is 0 Å². The molecule has 0 radical (unpaired) electrons. The minimum atomic E-state index is -4.91. The average molecular weight is 476 g/mol. The van der Waals surface area contributed by atoms with Gasteiger partial charge in [0.25, 0.3) is 5.78 Å². The summed E-state index contributed by atoms with van der Waals surface area (Å²) < 4.78 is 37.5. The van der Waals surface area contributed by atoms with Crippen LogP contribution in [0.2, 0.25) is 0 Å². The van der Waals surface area contributed by atoms with Gasteiger partial charge in [0.2, 0.25) is 5.91 Å². The molecule has 0 aliphatic carbocycles. The van der Waals surface area contributed by atoms with Crippen LogP contribution in [0.4, 0.5) is 30.2 Å². The summed E-state index contributed by atoms with van der Waals surface area (Å²) in [5, 5.41) is 8.07. The van der Waals surface area contributed by atoms with E-state index in [0.29, 0.717) is 24.3 Å². The molecule has 184 valence electrons. The third-order valence-corrected chi connectivity index (χ3v) is 5.44. The van der Waals surface area contributed by atoms with Crippen molar-refractivity contribution in [1.82, 2.24) is 0 Å². The first-order valence-electron chi connectivity index (χ1n) is 11.8. The Hall–Kier alpha value is -3.03. The molecule has 0 unspecified atom stereocenters. The van der Waals surface area contributed by atoms with Crippen LogP contribution in [-0.2, 0) is 4.79 Å². The molecular weight excluding hydrogens is 443 g/mol. The molecular formula is C26H32F3N3O2. The quantitative estimate of drug-likeness (QED) is 0.166. The zero-order chi connectivity index (χ0) is 25.0. The molecule has 0 spiro atoms. The van der Waals surface area contributed by atoms with Crippen molar-refractivity contribution >= 4 is 28.8 Å². The molecule has 34 heavy (non-hydrogen) atoms. The van der Waals surface area contributed by atoms with Crippen LogP contribution in [0.1, 0.15) is 75.6 Å². The van der Waals surface area contributed by atoms with Gasteiger partial charge in [-0.05, 0) is 61.9 Å². The van der Waals surface area contributed by atoms with Crippen LogP contribution < -0.4 is 4.90 Å². The van der Waals surface area contributed by atoms with Crippen LogP contribution in [-0.4, -0.2) is 24.4 Å². The van der Waals surface area contributed by atoms with Gasteiger partial charge >= 0.3 is 6.18 Å². The second kappa shape index (κ2) is 13.6. The van der Waals surface area contributed by atoms with E-state index in [-0.39, 0.29) is 5.91 Å². The number of benzene rings is 2. The first-order chi connectivity index (χ1) is 16.3. The van der Waals surface area contributed by atoms with Gasteiger partial charge in [0.1, 0.15) is 0 Å². The van der Waals surface area contributed by atoms with E-state index in [0.717, 1.165) is 30.7 Å². The molecule has 0 aliphatic heterocycles. The number of alkyl halides is 3. The Labute approximate surface area is 199 Å². The van der Waals surface area contributed by atoms with Gasteiger partial charge in [-0.15, -0.1) is 0 Å². The minimum absolute atomic E-state index is 0.0962. The standard InChI is InChI=1S/C26H32F3N3O2/c1-3-5-6-7-8-9-10-11-24(33)32(4-2)23-18-16-22(17-19-23)31-30-21-14-12-20(13-15-21)25(34)26(27,28)29/h12-19H,3-11H2,1-2H3. The minimum Gasteiger partial charge on any atom is -0.313 e. The van der Waals surface area contributed by atoms with E-state index >= 15 is 0 Å². The normalized spacial score (nSPS) is 11.7. The lowest BCUT2D eigenvalue weighted by atomic mass is 10.1. The fourth-order valence-electron chi connectivity index (χ4n) is 3.53. The molecule has 5 nitrogen and oxygen atoms in total. The fourth-order valence-corrected chi connectivity index (χ4v) is 3.53. The number of ketones is 1. The summed E-state index contributed by atoms with van der Waals surface area (Å²) in [7, 11) is 0. The van der Waals surface area contributed by atoms with E-state index in [1.165, 1.54) is 44.2 Å². The molecule has 0 saturated heterocycles. The lowest BCUT2D eigenvalue weighted by Crippen LogP contribution is -2.30. The van der Waals surface area contributed by atoms with Crippen molar-refractivity contribution in [2.75, 3.05) is 11.4 Å². The number of azo groups is 1. The maximum Gasteiger partial charge on any atom is 0.454 e. The van der Waals surface area contributed by atoms with E-state index < -0.39 is 17.5 Å². The third kappa shape index (κ3) is 8.72. The van der Waals surface area contributed by atoms with Crippen molar-refractivity contribution in [2.45, 2.75) is 71.4 Å². The van der Waals surface area contributed by atoms with Crippen LogP contribution in [0.3, 0.4) is 0 Å². The number of hydrogen-bond donors (Lipinski definition) is 0. The summed E-state index contributed by atoms with van der Waals surface area (Å²) in [5.74, 6) is -1.80. The van der Waals surface area contributed by atoms with Gasteiger partial charge in [-0.3, -0.25) is 9.59 Å². The number of unbranched alkanes of at least 4 members (excludes halogenated alkanes) is 6. The second-order valence-corrected chi connectivity index (χ2v) is 8.10. The van der Waals surface area contributed by atoms with E-state index in [1.54, 1.807) is 29.2 Å². The van der Waals surface area contributed by atoms with Gasteiger partial charge in [-0.25, -0.2) is 0 Å². The zero-order valence-corrected chi connectivity index (χ0v) is 19.8. The van der Waals surface area contributed by atoms with Crippen molar-refractivity contribution in [2.24, 2.45) is 10.2 Å². The third-order valence-electron chi connectivity index (χ3n) is 5.44. The first kappa shape index (κ1) is 27.2. The molecule has 0 saturated carbocycles. The van der Waals surface area contributed by atoms with Crippen LogP contribution >= 0.6 is 0 Å². The Kier molecular flexibility index (Phi) is 10.9. The number of carbonyl (C=O) groups excluding carboxylic acids is 2. The second-order valence-electron chi connectivity index (χ2n) is 8.10. The summed E-state index contributed by atoms with van der Waals surface area (Å²) in [4.78, 5) is 25.6. The number of hydrogen-bond acceptors (Lipinski definition) is 4. The Bertz CT molecular complexity index is 939. The largest absolute Gasteiger partial charge is 0.454 e. The molecule has 2 rings (SSSR count). The summed E-state index contributed by atoms with van der Waals surface area (Å²) in [6.45, 7) is 4.70. The Morgan fingerprint density at radius 1 is 0.765 bits per heavy atom. The van der Waals surface area contributed by atoms with Crippen LogP contribution in [0.15, 0.2) is 58.8 Å². The Balaban J connectivity index is 1.89. The smallest absolute Gasteiger partial charge is 0.313 e. The lowest BCUT2D eigenvalue weighted by molar-refractivity contribution is -0.118.